The van der Waals surface area contributed by atoms with Gasteiger partial charge in [-0.05, 0) is 27.7 Å². The SMILES string of the molecule is CC(C)S(=O)O.CC(C)S(=O)O.[Ca+2]. The Morgan fingerprint density at radius 3 is 0.923 bits per heavy atom. The van der Waals surface area contributed by atoms with E-state index in [0.29, 0.717) is 0 Å². The van der Waals surface area contributed by atoms with Gasteiger partial charge in [0.05, 0.1) is 10.5 Å². The molecule has 0 amide bonds. The molecule has 0 aliphatic heterocycles. The monoisotopic (exact) mass is 256 g/mol. The van der Waals surface area contributed by atoms with Crippen LogP contribution >= 0.6 is 0 Å². The van der Waals surface area contributed by atoms with Crippen LogP contribution in [0.15, 0.2) is 0 Å². The van der Waals surface area contributed by atoms with Crippen LogP contribution in [0.2, 0.25) is 0 Å². The Hall–Kier alpha value is 1.48. The summed E-state index contributed by atoms with van der Waals surface area (Å²) >= 11 is -3.23. The zero-order valence-corrected chi connectivity index (χ0v) is 12.2. The Morgan fingerprint density at radius 1 is 0.846 bits per heavy atom. The molecule has 2 unspecified atom stereocenters. The van der Waals surface area contributed by atoms with Gasteiger partial charge in [0, 0.05) is 0 Å². The number of rotatable bonds is 2. The first-order chi connectivity index (χ1) is 5.29. The Balaban J connectivity index is -0.000000143. The van der Waals surface area contributed by atoms with E-state index in [1.165, 1.54) is 0 Å². The smallest absolute Gasteiger partial charge is 0.306 e. The summed E-state index contributed by atoms with van der Waals surface area (Å²) in [4.78, 5) is 0. The molecular formula is C6H16CaO4S2+2. The van der Waals surface area contributed by atoms with Crippen molar-refractivity contribution in [2.24, 2.45) is 0 Å². The van der Waals surface area contributed by atoms with E-state index in [4.69, 9.17) is 9.11 Å². The van der Waals surface area contributed by atoms with Gasteiger partial charge in [0.2, 0.25) is 0 Å². The summed E-state index contributed by atoms with van der Waals surface area (Å²) in [6, 6.07) is 0. The molecule has 0 aromatic carbocycles. The van der Waals surface area contributed by atoms with Crippen molar-refractivity contribution < 1.29 is 17.5 Å². The summed E-state index contributed by atoms with van der Waals surface area (Å²) < 4.78 is 35.8. The molecule has 2 atom stereocenters. The second-order valence-corrected chi connectivity index (χ2v) is 5.64. The fraction of sp³-hybridized carbons (Fsp3) is 1.00. The third-order valence-corrected chi connectivity index (χ3v) is 2.42. The second kappa shape index (κ2) is 11.6. The topological polar surface area (TPSA) is 74.6 Å². The summed E-state index contributed by atoms with van der Waals surface area (Å²) in [5.74, 6) is 0. The molecule has 0 aliphatic carbocycles. The maximum absolute atomic E-state index is 9.81. The van der Waals surface area contributed by atoms with E-state index in [0.717, 1.165) is 0 Å². The molecule has 76 valence electrons. The second-order valence-electron chi connectivity index (χ2n) is 2.65. The predicted octanol–water partition coefficient (Wildman–Crippen LogP) is 0.852. The summed E-state index contributed by atoms with van der Waals surface area (Å²) in [5, 5.41) is -0.241. The van der Waals surface area contributed by atoms with E-state index < -0.39 is 22.2 Å². The van der Waals surface area contributed by atoms with Crippen LogP contribution in [0.5, 0.6) is 0 Å². The average Bonchev–Trinajstić information content (AvgIpc) is 1.88. The molecule has 2 N–H and O–H groups in total. The Kier molecular flexibility index (Phi) is 17.7. The van der Waals surface area contributed by atoms with Gasteiger partial charge < -0.3 is 9.11 Å². The zero-order valence-electron chi connectivity index (χ0n) is 8.39. The third-order valence-electron chi connectivity index (χ3n) is 0.807. The van der Waals surface area contributed by atoms with Gasteiger partial charge in [0.15, 0.2) is 22.2 Å². The van der Waals surface area contributed by atoms with Crippen LogP contribution in [0.25, 0.3) is 0 Å². The first-order valence-corrected chi connectivity index (χ1v) is 5.82. The van der Waals surface area contributed by atoms with Crippen molar-refractivity contribution in [1.29, 1.82) is 0 Å². The molecule has 7 heteroatoms. The molecule has 0 aromatic heterocycles. The molecule has 0 heterocycles. The van der Waals surface area contributed by atoms with Gasteiger partial charge >= 0.3 is 37.7 Å². The molecule has 13 heavy (non-hydrogen) atoms. The standard InChI is InChI=1S/2C3H8O2S.Ca/c2*1-3(2)6(4)5;/h2*3H,1-2H3,(H,4,5);/q;;+2. The molecule has 0 radical (unpaired) electrons. The van der Waals surface area contributed by atoms with Gasteiger partial charge in [0.1, 0.15) is 0 Å². The van der Waals surface area contributed by atoms with Crippen LogP contribution in [0.1, 0.15) is 27.7 Å². The minimum Gasteiger partial charge on any atom is -0.306 e. The van der Waals surface area contributed by atoms with Crippen LogP contribution in [0.4, 0.5) is 0 Å². The minimum absolute atomic E-state index is 0. The molecule has 0 fully saturated rings. The van der Waals surface area contributed by atoms with Gasteiger partial charge in [-0.15, -0.1) is 0 Å². The van der Waals surface area contributed by atoms with Crippen molar-refractivity contribution in [3.05, 3.63) is 0 Å². The fourth-order valence-corrected chi connectivity index (χ4v) is 0. The summed E-state index contributed by atoms with van der Waals surface area (Å²) in [6.07, 6.45) is 0. The summed E-state index contributed by atoms with van der Waals surface area (Å²) in [5.41, 5.74) is 0. The predicted molar refractivity (Wildman–Crippen MR) is 57.6 cm³/mol. The van der Waals surface area contributed by atoms with Crippen molar-refractivity contribution in [3.8, 4) is 0 Å². The van der Waals surface area contributed by atoms with Crippen LogP contribution in [0.3, 0.4) is 0 Å². The summed E-state index contributed by atoms with van der Waals surface area (Å²) in [6.45, 7) is 6.76. The van der Waals surface area contributed by atoms with Gasteiger partial charge in [-0.3, -0.25) is 0 Å². The van der Waals surface area contributed by atoms with E-state index in [2.05, 4.69) is 0 Å². The van der Waals surface area contributed by atoms with Crippen molar-refractivity contribution in [2.75, 3.05) is 0 Å². The van der Waals surface area contributed by atoms with E-state index in [-0.39, 0.29) is 48.2 Å². The van der Waals surface area contributed by atoms with E-state index in [1.807, 2.05) is 0 Å². The minimum atomic E-state index is -1.62. The van der Waals surface area contributed by atoms with Crippen molar-refractivity contribution in [3.63, 3.8) is 0 Å². The molecular weight excluding hydrogens is 240 g/mol. The van der Waals surface area contributed by atoms with Crippen molar-refractivity contribution in [2.45, 2.75) is 38.2 Å². The Bertz CT molecular complexity index is 143. The molecule has 0 saturated carbocycles. The maximum atomic E-state index is 9.81. The van der Waals surface area contributed by atoms with Gasteiger partial charge in [-0.2, -0.15) is 0 Å². The maximum Gasteiger partial charge on any atom is 2.00 e. The largest absolute Gasteiger partial charge is 2.00 e. The summed E-state index contributed by atoms with van der Waals surface area (Å²) in [7, 11) is 0. The van der Waals surface area contributed by atoms with Gasteiger partial charge in [-0.25, -0.2) is 8.42 Å². The molecule has 0 aromatic rings. The van der Waals surface area contributed by atoms with Crippen molar-refractivity contribution >= 4 is 59.9 Å². The van der Waals surface area contributed by atoms with Crippen LogP contribution < -0.4 is 0 Å². The Morgan fingerprint density at radius 2 is 0.923 bits per heavy atom. The fourth-order valence-electron chi connectivity index (χ4n) is 0. The quantitative estimate of drug-likeness (QED) is 0.567. The van der Waals surface area contributed by atoms with Gasteiger partial charge in [0.25, 0.3) is 0 Å². The van der Waals surface area contributed by atoms with E-state index >= 15 is 0 Å². The molecule has 0 spiro atoms. The van der Waals surface area contributed by atoms with Crippen LogP contribution in [-0.2, 0) is 22.2 Å². The first kappa shape index (κ1) is 20.0. The zero-order chi connectivity index (χ0) is 10.3. The molecule has 4 nitrogen and oxygen atoms in total. The molecule has 0 rings (SSSR count). The molecule has 0 bridgehead atoms. The number of hydrogen-bond acceptors (Lipinski definition) is 2. The molecule has 0 aliphatic rings. The van der Waals surface area contributed by atoms with E-state index in [1.54, 1.807) is 27.7 Å². The van der Waals surface area contributed by atoms with Crippen LogP contribution in [0, 0.1) is 0 Å². The van der Waals surface area contributed by atoms with Crippen molar-refractivity contribution in [1.82, 2.24) is 0 Å². The first-order valence-electron chi connectivity index (χ1n) is 3.48. The van der Waals surface area contributed by atoms with E-state index in [9.17, 15) is 8.42 Å². The van der Waals surface area contributed by atoms with Crippen LogP contribution in [-0.4, -0.2) is 65.8 Å². The Labute approximate surface area is 114 Å². The average molecular weight is 256 g/mol. The molecule has 0 saturated heterocycles. The normalized spacial score (nSPS) is 14.2. The van der Waals surface area contributed by atoms with Gasteiger partial charge in [-0.1, -0.05) is 0 Å². The number of hydrogen-bond donors (Lipinski definition) is 2. The third kappa shape index (κ3) is 19.8.